The summed E-state index contributed by atoms with van der Waals surface area (Å²) in [6.45, 7) is 6.21. The van der Waals surface area contributed by atoms with Gasteiger partial charge in [0, 0.05) is 18.9 Å². The number of hydrogen-bond donors (Lipinski definition) is 2. The minimum Gasteiger partial charge on any atom is -0.447 e. The summed E-state index contributed by atoms with van der Waals surface area (Å²) in [7, 11) is 0. The van der Waals surface area contributed by atoms with E-state index in [-0.39, 0.29) is 12.1 Å². The topological polar surface area (TPSA) is 93.4 Å². The van der Waals surface area contributed by atoms with Gasteiger partial charge in [-0.15, -0.1) is 10.2 Å². The molecule has 0 saturated carbocycles. The van der Waals surface area contributed by atoms with E-state index in [1.165, 1.54) is 5.56 Å². The van der Waals surface area contributed by atoms with Gasteiger partial charge in [0.15, 0.2) is 5.82 Å². The Morgan fingerprint density at radius 1 is 1.32 bits per heavy atom. The van der Waals surface area contributed by atoms with E-state index in [2.05, 4.69) is 44.9 Å². The number of hydrogen-bond acceptors (Lipinski definition) is 6. The molecule has 0 aliphatic heterocycles. The molecule has 2 aromatic heterocycles. The molecule has 0 atom stereocenters. The monoisotopic (exact) mass is 340 g/mol. The number of amides is 1. The van der Waals surface area contributed by atoms with E-state index in [1.807, 2.05) is 12.1 Å². The number of fused-ring (bicyclic) bond motifs is 1. The molecule has 8 nitrogen and oxygen atoms in total. The first-order valence-corrected chi connectivity index (χ1v) is 7.99. The van der Waals surface area contributed by atoms with Crippen molar-refractivity contribution in [3.63, 3.8) is 0 Å². The lowest BCUT2D eigenvalue weighted by molar-refractivity contribution is 0.129. The van der Waals surface area contributed by atoms with Crippen LogP contribution in [0.1, 0.15) is 25.0 Å². The maximum absolute atomic E-state index is 11.7. The van der Waals surface area contributed by atoms with Crippen LogP contribution in [0.15, 0.2) is 36.7 Å². The van der Waals surface area contributed by atoms with Crippen molar-refractivity contribution in [3.05, 3.63) is 47.8 Å². The van der Waals surface area contributed by atoms with Crippen molar-refractivity contribution in [3.8, 4) is 0 Å². The second kappa shape index (κ2) is 7.16. The molecule has 0 bridgehead atoms. The molecule has 0 unspecified atom stereocenters. The number of anilines is 2. The SMILES string of the molecule is Cc1cccc(CNc2nccn3c(NC(=O)OC(C)C)nnc23)c1. The highest BCUT2D eigenvalue weighted by molar-refractivity contribution is 5.83. The Hall–Kier alpha value is -3.16. The highest BCUT2D eigenvalue weighted by Crippen LogP contribution is 2.16. The van der Waals surface area contributed by atoms with Crippen molar-refractivity contribution in [2.24, 2.45) is 0 Å². The number of nitrogens with zero attached hydrogens (tertiary/aromatic N) is 4. The fourth-order valence-corrected chi connectivity index (χ4v) is 2.38. The van der Waals surface area contributed by atoms with Gasteiger partial charge in [-0.05, 0) is 26.3 Å². The number of ether oxygens (including phenoxy) is 1. The van der Waals surface area contributed by atoms with Crippen LogP contribution in [0.5, 0.6) is 0 Å². The quantitative estimate of drug-likeness (QED) is 0.741. The Morgan fingerprint density at radius 3 is 2.92 bits per heavy atom. The Kier molecular flexibility index (Phi) is 4.78. The fourth-order valence-electron chi connectivity index (χ4n) is 2.38. The maximum atomic E-state index is 11.7. The third-order valence-corrected chi connectivity index (χ3v) is 3.43. The summed E-state index contributed by atoms with van der Waals surface area (Å²) in [5.74, 6) is 0.864. The minimum absolute atomic E-state index is 0.215. The number of nitrogens with one attached hydrogen (secondary N) is 2. The summed E-state index contributed by atoms with van der Waals surface area (Å²) in [6, 6.07) is 8.21. The molecule has 0 spiro atoms. The molecule has 8 heteroatoms. The molecule has 0 saturated heterocycles. The third-order valence-electron chi connectivity index (χ3n) is 3.43. The van der Waals surface area contributed by atoms with Gasteiger partial charge in [0.2, 0.25) is 11.6 Å². The van der Waals surface area contributed by atoms with E-state index < -0.39 is 6.09 Å². The fraction of sp³-hybridized carbons (Fsp3) is 0.294. The Labute approximate surface area is 145 Å². The normalized spacial score (nSPS) is 10.9. The van der Waals surface area contributed by atoms with Crippen molar-refractivity contribution in [2.75, 3.05) is 10.6 Å². The van der Waals surface area contributed by atoms with Gasteiger partial charge < -0.3 is 10.1 Å². The van der Waals surface area contributed by atoms with Crippen LogP contribution in [-0.2, 0) is 11.3 Å². The van der Waals surface area contributed by atoms with Gasteiger partial charge in [0.1, 0.15) is 0 Å². The predicted octanol–water partition coefficient (Wildman–Crippen LogP) is 3.00. The number of aromatic nitrogens is 4. The van der Waals surface area contributed by atoms with Gasteiger partial charge in [-0.25, -0.2) is 9.78 Å². The van der Waals surface area contributed by atoms with Gasteiger partial charge in [-0.3, -0.25) is 9.72 Å². The molecule has 2 heterocycles. The number of rotatable bonds is 5. The lowest BCUT2D eigenvalue weighted by Crippen LogP contribution is -2.19. The zero-order chi connectivity index (χ0) is 17.8. The zero-order valence-electron chi connectivity index (χ0n) is 14.4. The predicted molar refractivity (Wildman–Crippen MR) is 94.5 cm³/mol. The standard InChI is InChI=1S/C17H20N6O2/c1-11(2)25-17(24)20-16-22-21-15-14(18-7-8-23(15)16)19-10-13-6-4-5-12(3)9-13/h4-9,11H,10H2,1-3H3,(H,18,19)(H,20,22,24). The summed E-state index contributed by atoms with van der Waals surface area (Å²) in [4.78, 5) is 16.1. The van der Waals surface area contributed by atoms with Gasteiger partial charge in [0.25, 0.3) is 0 Å². The maximum Gasteiger partial charge on any atom is 0.414 e. The molecule has 0 aliphatic carbocycles. The van der Waals surface area contributed by atoms with Crippen LogP contribution >= 0.6 is 0 Å². The second-order valence-electron chi connectivity index (χ2n) is 5.91. The molecule has 3 aromatic rings. The average molecular weight is 340 g/mol. The smallest absolute Gasteiger partial charge is 0.414 e. The lowest BCUT2D eigenvalue weighted by Gasteiger charge is -2.09. The number of benzene rings is 1. The van der Waals surface area contributed by atoms with Gasteiger partial charge >= 0.3 is 6.09 Å². The average Bonchev–Trinajstić information content (AvgIpc) is 2.96. The molecule has 0 fully saturated rings. The summed E-state index contributed by atoms with van der Waals surface area (Å²) in [6.07, 6.45) is 2.51. The van der Waals surface area contributed by atoms with Crippen LogP contribution in [0.4, 0.5) is 16.6 Å². The van der Waals surface area contributed by atoms with E-state index in [9.17, 15) is 4.79 Å². The van der Waals surface area contributed by atoms with Gasteiger partial charge in [-0.1, -0.05) is 29.8 Å². The molecule has 0 radical (unpaired) electrons. The Morgan fingerprint density at radius 2 is 2.16 bits per heavy atom. The first-order chi connectivity index (χ1) is 12.0. The van der Waals surface area contributed by atoms with Crippen molar-refractivity contribution in [2.45, 2.75) is 33.4 Å². The number of aryl methyl sites for hydroxylation is 1. The van der Waals surface area contributed by atoms with Crippen molar-refractivity contribution in [1.29, 1.82) is 0 Å². The van der Waals surface area contributed by atoms with Crippen LogP contribution in [0.25, 0.3) is 5.65 Å². The molecule has 3 rings (SSSR count). The van der Waals surface area contributed by atoms with Gasteiger partial charge in [0.05, 0.1) is 6.10 Å². The molecule has 130 valence electrons. The highest BCUT2D eigenvalue weighted by Gasteiger charge is 2.14. The van der Waals surface area contributed by atoms with E-state index in [1.54, 1.807) is 30.6 Å². The first kappa shape index (κ1) is 16.7. The summed E-state index contributed by atoms with van der Waals surface area (Å²) >= 11 is 0. The van der Waals surface area contributed by atoms with Crippen molar-refractivity contribution >= 4 is 23.5 Å². The summed E-state index contributed by atoms with van der Waals surface area (Å²) in [5.41, 5.74) is 2.86. The van der Waals surface area contributed by atoms with Crippen LogP contribution in [0, 0.1) is 6.92 Å². The minimum atomic E-state index is -0.574. The van der Waals surface area contributed by atoms with Crippen molar-refractivity contribution < 1.29 is 9.53 Å². The molecular formula is C17H20N6O2. The zero-order valence-corrected chi connectivity index (χ0v) is 14.4. The molecule has 0 aliphatic rings. The van der Waals surface area contributed by atoms with Crippen LogP contribution in [-0.4, -0.2) is 31.8 Å². The summed E-state index contributed by atoms with van der Waals surface area (Å²) in [5, 5.41) is 13.9. The van der Waals surface area contributed by atoms with E-state index >= 15 is 0 Å². The largest absolute Gasteiger partial charge is 0.447 e. The van der Waals surface area contributed by atoms with Crippen molar-refractivity contribution in [1.82, 2.24) is 19.6 Å². The summed E-state index contributed by atoms with van der Waals surface area (Å²) < 4.78 is 6.70. The molecule has 1 amide bonds. The lowest BCUT2D eigenvalue weighted by atomic mass is 10.1. The highest BCUT2D eigenvalue weighted by atomic mass is 16.6. The van der Waals surface area contributed by atoms with Gasteiger partial charge in [-0.2, -0.15) is 0 Å². The molecular weight excluding hydrogens is 320 g/mol. The van der Waals surface area contributed by atoms with E-state index in [0.717, 1.165) is 5.56 Å². The van der Waals surface area contributed by atoms with Crippen LogP contribution in [0.2, 0.25) is 0 Å². The molecule has 25 heavy (non-hydrogen) atoms. The first-order valence-electron chi connectivity index (χ1n) is 7.99. The molecule has 2 N–H and O–H groups in total. The van der Waals surface area contributed by atoms with Crippen LogP contribution in [0.3, 0.4) is 0 Å². The third kappa shape index (κ3) is 4.03. The Balaban J connectivity index is 1.77. The number of carbonyl (C=O) groups is 1. The number of carbonyl (C=O) groups excluding carboxylic acids is 1. The second-order valence-corrected chi connectivity index (χ2v) is 5.91. The van der Waals surface area contributed by atoms with Crippen LogP contribution < -0.4 is 10.6 Å². The Bertz CT molecular complexity index is 890. The molecule has 1 aromatic carbocycles. The van der Waals surface area contributed by atoms with E-state index in [0.29, 0.717) is 18.0 Å². The van der Waals surface area contributed by atoms with E-state index in [4.69, 9.17) is 4.74 Å².